The van der Waals surface area contributed by atoms with Crippen molar-refractivity contribution in [1.29, 1.82) is 0 Å². The van der Waals surface area contributed by atoms with Gasteiger partial charge in [0.15, 0.2) is 10.6 Å². The molecular formula is C17H25N4S2+. The Morgan fingerprint density at radius 3 is 3.00 bits per heavy atom. The quantitative estimate of drug-likeness (QED) is 0.811. The fraction of sp³-hybridized carbons (Fsp3) is 0.529. The molecule has 2 heterocycles. The Kier molecular flexibility index (Phi) is 5.46. The summed E-state index contributed by atoms with van der Waals surface area (Å²) in [4.78, 5) is 1.63. The number of nitrogens with one attached hydrogen (secondary N) is 2. The van der Waals surface area contributed by atoms with Crippen LogP contribution in [-0.4, -0.2) is 22.4 Å². The molecule has 23 heavy (non-hydrogen) atoms. The molecule has 1 aromatic carbocycles. The van der Waals surface area contributed by atoms with E-state index in [-0.39, 0.29) is 0 Å². The van der Waals surface area contributed by atoms with Gasteiger partial charge in [-0.05, 0) is 56.5 Å². The smallest absolute Gasteiger partial charge is 0.209 e. The van der Waals surface area contributed by atoms with Crippen LogP contribution in [0.25, 0.3) is 0 Å². The topological polar surface area (TPSA) is 34.3 Å². The van der Waals surface area contributed by atoms with Crippen LogP contribution in [0.2, 0.25) is 0 Å². The first-order valence-corrected chi connectivity index (χ1v) is 9.65. The lowest BCUT2D eigenvalue weighted by molar-refractivity contribution is -0.953. The number of rotatable bonds is 5. The van der Waals surface area contributed by atoms with Gasteiger partial charge in [-0.15, -0.1) is 5.10 Å². The van der Waals surface area contributed by atoms with Crippen LogP contribution in [0.15, 0.2) is 24.3 Å². The molecule has 2 aromatic rings. The number of para-hydroxylation sites is 1. The maximum Gasteiger partial charge on any atom is 0.209 e. The molecule has 3 rings (SSSR count). The lowest BCUT2D eigenvalue weighted by Gasteiger charge is -2.31. The highest BCUT2D eigenvalue weighted by Crippen LogP contribution is 2.22. The third kappa shape index (κ3) is 4.00. The SMILES string of the molecule is CC[C@H]1CCCC[NH+]1Cn1nc(Nc2ccccc2C)sc1=S. The van der Waals surface area contributed by atoms with E-state index in [1.165, 1.54) is 37.8 Å². The van der Waals surface area contributed by atoms with Crippen molar-refractivity contribution in [2.75, 3.05) is 11.9 Å². The molecule has 4 nitrogen and oxygen atoms in total. The molecule has 0 amide bonds. The predicted octanol–water partition coefficient (Wildman–Crippen LogP) is 3.53. The zero-order chi connectivity index (χ0) is 16.2. The van der Waals surface area contributed by atoms with Gasteiger partial charge >= 0.3 is 0 Å². The molecule has 0 spiro atoms. The van der Waals surface area contributed by atoms with E-state index in [9.17, 15) is 0 Å². The molecule has 1 aliphatic rings. The van der Waals surface area contributed by atoms with Gasteiger partial charge < -0.3 is 10.2 Å². The number of piperidine rings is 1. The van der Waals surface area contributed by atoms with Crippen LogP contribution in [0.4, 0.5) is 10.8 Å². The first-order chi connectivity index (χ1) is 11.2. The molecule has 2 N–H and O–H groups in total. The van der Waals surface area contributed by atoms with Crippen molar-refractivity contribution in [2.24, 2.45) is 0 Å². The number of anilines is 2. The highest BCUT2D eigenvalue weighted by molar-refractivity contribution is 7.73. The molecule has 0 aliphatic carbocycles. The molecule has 1 aliphatic heterocycles. The number of hydrogen-bond donors (Lipinski definition) is 2. The van der Waals surface area contributed by atoms with Crippen molar-refractivity contribution in [3.63, 3.8) is 0 Å². The summed E-state index contributed by atoms with van der Waals surface area (Å²) in [6.45, 7) is 6.52. The number of aryl methyl sites for hydroxylation is 1. The molecular weight excluding hydrogens is 324 g/mol. The second-order valence-electron chi connectivity index (χ2n) is 6.28. The van der Waals surface area contributed by atoms with Crippen LogP contribution in [0.3, 0.4) is 0 Å². The van der Waals surface area contributed by atoms with Crippen LogP contribution >= 0.6 is 23.6 Å². The van der Waals surface area contributed by atoms with Crippen molar-refractivity contribution in [2.45, 2.75) is 52.2 Å². The fourth-order valence-electron chi connectivity index (χ4n) is 3.33. The molecule has 6 heteroatoms. The fourth-order valence-corrected chi connectivity index (χ4v) is 4.35. The highest BCUT2D eigenvalue weighted by Gasteiger charge is 2.25. The minimum absolute atomic E-state index is 0.750. The van der Waals surface area contributed by atoms with Gasteiger partial charge in [-0.1, -0.05) is 36.5 Å². The van der Waals surface area contributed by atoms with E-state index in [0.717, 1.165) is 27.5 Å². The maximum absolute atomic E-state index is 5.53. The Morgan fingerprint density at radius 2 is 2.22 bits per heavy atom. The third-order valence-corrected chi connectivity index (χ3v) is 5.94. The lowest BCUT2D eigenvalue weighted by atomic mass is 10.0. The van der Waals surface area contributed by atoms with Gasteiger partial charge in [0.25, 0.3) is 0 Å². The van der Waals surface area contributed by atoms with Gasteiger partial charge in [0, 0.05) is 5.69 Å². The second kappa shape index (κ2) is 7.55. The summed E-state index contributed by atoms with van der Waals surface area (Å²) in [5.74, 6) is 0. The number of nitrogens with zero attached hydrogens (tertiary/aromatic N) is 2. The summed E-state index contributed by atoms with van der Waals surface area (Å²) in [5, 5.41) is 9.00. The van der Waals surface area contributed by atoms with E-state index < -0.39 is 0 Å². The molecule has 1 unspecified atom stereocenters. The molecule has 124 valence electrons. The minimum Gasteiger partial charge on any atom is -0.330 e. The van der Waals surface area contributed by atoms with E-state index in [2.05, 4.69) is 31.3 Å². The van der Waals surface area contributed by atoms with Crippen LogP contribution in [0, 0.1) is 10.9 Å². The van der Waals surface area contributed by atoms with Gasteiger partial charge in [-0.25, -0.2) is 0 Å². The first-order valence-electron chi connectivity index (χ1n) is 8.42. The average Bonchev–Trinajstić information content (AvgIpc) is 2.90. The average molecular weight is 350 g/mol. The Bertz CT molecular complexity index is 707. The molecule has 1 saturated heterocycles. The molecule has 2 atom stereocenters. The summed E-state index contributed by atoms with van der Waals surface area (Å²) >= 11 is 7.09. The van der Waals surface area contributed by atoms with Crippen LogP contribution in [-0.2, 0) is 6.67 Å². The van der Waals surface area contributed by atoms with E-state index in [0.29, 0.717) is 0 Å². The zero-order valence-corrected chi connectivity index (χ0v) is 15.5. The summed E-state index contributed by atoms with van der Waals surface area (Å²) in [6, 6.07) is 9.01. The number of quaternary nitrogens is 1. The number of benzene rings is 1. The molecule has 0 radical (unpaired) electrons. The van der Waals surface area contributed by atoms with E-state index in [1.54, 1.807) is 16.2 Å². The predicted molar refractivity (Wildman–Crippen MR) is 99.2 cm³/mol. The molecule has 1 aromatic heterocycles. The summed E-state index contributed by atoms with van der Waals surface area (Å²) in [6.07, 6.45) is 5.25. The third-order valence-electron chi connectivity index (χ3n) is 4.72. The standard InChI is InChI=1S/C17H24N4S2/c1-3-14-9-6-7-11-20(14)12-21-17(22)23-16(19-21)18-15-10-5-4-8-13(15)2/h4-5,8,10,14H,3,6-7,9,11-12H2,1-2H3,(H,18,19)/p+1/t14-/m0/s1. The molecule has 0 saturated carbocycles. The van der Waals surface area contributed by atoms with Gasteiger partial charge in [0.05, 0.1) is 12.6 Å². The Morgan fingerprint density at radius 1 is 1.39 bits per heavy atom. The number of likely N-dealkylation sites (tertiary alicyclic amines) is 1. The van der Waals surface area contributed by atoms with Gasteiger partial charge in [0.2, 0.25) is 5.13 Å². The summed E-state index contributed by atoms with van der Waals surface area (Å²) in [5.41, 5.74) is 2.31. The van der Waals surface area contributed by atoms with Crippen molar-refractivity contribution < 1.29 is 4.90 Å². The van der Waals surface area contributed by atoms with Crippen molar-refractivity contribution >= 4 is 34.4 Å². The minimum atomic E-state index is 0.750. The van der Waals surface area contributed by atoms with Crippen molar-refractivity contribution in [1.82, 2.24) is 9.78 Å². The number of hydrogen-bond acceptors (Lipinski definition) is 4. The van der Waals surface area contributed by atoms with Crippen LogP contribution in [0.1, 0.15) is 38.2 Å². The largest absolute Gasteiger partial charge is 0.330 e. The monoisotopic (exact) mass is 349 g/mol. The number of aromatic nitrogens is 2. The summed E-state index contributed by atoms with van der Waals surface area (Å²) in [7, 11) is 0. The summed E-state index contributed by atoms with van der Waals surface area (Å²) < 4.78 is 2.86. The van der Waals surface area contributed by atoms with E-state index in [4.69, 9.17) is 17.3 Å². The zero-order valence-electron chi connectivity index (χ0n) is 13.8. The Labute approximate surface area is 147 Å². The van der Waals surface area contributed by atoms with Crippen molar-refractivity contribution in [3.8, 4) is 0 Å². The Hall–Kier alpha value is -1.24. The van der Waals surface area contributed by atoms with E-state index in [1.807, 2.05) is 16.8 Å². The van der Waals surface area contributed by atoms with Crippen LogP contribution < -0.4 is 10.2 Å². The van der Waals surface area contributed by atoms with Crippen molar-refractivity contribution in [3.05, 3.63) is 33.8 Å². The van der Waals surface area contributed by atoms with Crippen LogP contribution in [0.5, 0.6) is 0 Å². The lowest BCUT2D eigenvalue weighted by Crippen LogP contribution is -3.15. The highest BCUT2D eigenvalue weighted by atomic mass is 32.1. The van der Waals surface area contributed by atoms with Gasteiger partial charge in [-0.3, -0.25) is 0 Å². The first kappa shape index (κ1) is 16.6. The Balaban J connectivity index is 1.73. The van der Waals surface area contributed by atoms with Gasteiger partial charge in [-0.2, -0.15) is 4.68 Å². The molecule has 1 fully saturated rings. The second-order valence-corrected chi connectivity index (χ2v) is 7.90. The normalized spacial score (nSPS) is 21.3. The van der Waals surface area contributed by atoms with E-state index >= 15 is 0 Å². The maximum atomic E-state index is 5.53. The molecule has 0 bridgehead atoms. The van der Waals surface area contributed by atoms with Gasteiger partial charge in [0.1, 0.15) is 0 Å².